The molecule has 0 aliphatic rings. The van der Waals surface area contributed by atoms with Crippen LogP contribution in [0.1, 0.15) is 22.9 Å². The number of nitrogens with zero attached hydrogens (tertiary/aromatic N) is 4. The highest BCUT2D eigenvalue weighted by Crippen LogP contribution is 2.19. The number of aromatic nitrogens is 4. The summed E-state index contributed by atoms with van der Waals surface area (Å²) in [4.78, 5) is 4.15. The van der Waals surface area contributed by atoms with Crippen molar-refractivity contribution in [2.24, 2.45) is 12.9 Å². The Balaban J connectivity index is 2.40. The van der Waals surface area contributed by atoms with Crippen LogP contribution in [-0.2, 0) is 7.05 Å². The van der Waals surface area contributed by atoms with Gasteiger partial charge in [0.2, 0.25) is 0 Å². The Labute approximate surface area is 93.5 Å². The van der Waals surface area contributed by atoms with Crippen LogP contribution >= 0.6 is 0 Å². The van der Waals surface area contributed by atoms with Crippen molar-refractivity contribution in [1.29, 1.82) is 0 Å². The maximum absolute atomic E-state index is 5.57. The van der Waals surface area contributed by atoms with Crippen LogP contribution in [0.2, 0.25) is 0 Å². The molecular weight excluding hydrogens is 204 g/mol. The van der Waals surface area contributed by atoms with Crippen molar-refractivity contribution < 1.29 is 0 Å². The van der Waals surface area contributed by atoms with E-state index in [1.165, 1.54) is 0 Å². The maximum atomic E-state index is 5.57. The molecule has 3 N–H and O–H groups in total. The molecule has 16 heavy (non-hydrogen) atoms. The van der Waals surface area contributed by atoms with E-state index in [1.807, 2.05) is 20.0 Å². The summed E-state index contributed by atoms with van der Waals surface area (Å²) in [7, 11) is 1.83. The van der Waals surface area contributed by atoms with Gasteiger partial charge in [-0.05, 0) is 18.1 Å². The van der Waals surface area contributed by atoms with Gasteiger partial charge in [0.15, 0.2) is 0 Å². The Kier molecular flexibility index (Phi) is 2.93. The van der Waals surface area contributed by atoms with Gasteiger partial charge in [0, 0.05) is 19.4 Å². The van der Waals surface area contributed by atoms with E-state index >= 15 is 0 Å². The van der Waals surface area contributed by atoms with Gasteiger partial charge in [0.1, 0.15) is 0 Å². The minimum atomic E-state index is -0.146. The third-order valence-electron chi connectivity index (χ3n) is 2.44. The number of hydrazine groups is 1. The molecular formula is C10H14N6. The van der Waals surface area contributed by atoms with Crippen LogP contribution in [0.4, 0.5) is 0 Å². The molecule has 0 aromatic carbocycles. The minimum Gasteiger partial charge on any atom is -0.271 e. The lowest BCUT2D eigenvalue weighted by Gasteiger charge is -2.15. The third-order valence-corrected chi connectivity index (χ3v) is 2.44. The number of aryl methyl sites for hydroxylation is 2. The zero-order valence-electron chi connectivity index (χ0n) is 9.25. The van der Waals surface area contributed by atoms with Crippen LogP contribution in [0, 0.1) is 6.92 Å². The lowest BCUT2D eigenvalue weighted by Crippen LogP contribution is -2.30. The minimum absolute atomic E-state index is 0.146. The van der Waals surface area contributed by atoms with Gasteiger partial charge in [-0.15, -0.1) is 5.10 Å². The average Bonchev–Trinajstić information content (AvgIpc) is 2.67. The summed E-state index contributed by atoms with van der Waals surface area (Å²) >= 11 is 0. The molecule has 0 fully saturated rings. The topological polar surface area (TPSA) is 81.7 Å². The Morgan fingerprint density at radius 3 is 2.75 bits per heavy atom. The number of hydrogen-bond acceptors (Lipinski definition) is 5. The summed E-state index contributed by atoms with van der Waals surface area (Å²) in [6, 6.07) is 1.89. The molecule has 0 radical (unpaired) electrons. The second kappa shape index (κ2) is 4.38. The Bertz CT molecular complexity index is 478. The second-order valence-corrected chi connectivity index (χ2v) is 3.68. The van der Waals surface area contributed by atoms with Gasteiger partial charge >= 0.3 is 0 Å². The number of rotatable bonds is 3. The Hall–Kier alpha value is -1.79. The van der Waals surface area contributed by atoms with Gasteiger partial charge in [-0.25, -0.2) is 5.43 Å². The molecule has 0 aliphatic carbocycles. The smallest absolute Gasteiger partial charge is 0.0909 e. The molecule has 0 amide bonds. The molecule has 0 saturated heterocycles. The van der Waals surface area contributed by atoms with Crippen molar-refractivity contribution in [3.05, 3.63) is 41.5 Å². The van der Waals surface area contributed by atoms with E-state index in [9.17, 15) is 0 Å². The number of pyridine rings is 1. The van der Waals surface area contributed by atoms with Gasteiger partial charge in [0.25, 0.3) is 0 Å². The molecule has 2 heterocycles. The highest BCUT2D eigenvalue weighted by atomic mass is 15.4. The fourth-order valence-electron chi connectivity index (χ4n) is 1.65. The summed E-state index contributed by atoms with van der Waals surface area (Å²) in [5.41, 5.74) is 5.73. The van der Waals surface area contributed by atoms with Gasteiger partial charge < -0.3 is 0 Å². The van der Waals surface area contributed by atoms with Crippen LogP contribution < -0.4 is 11.3 Å². The summed E-state index contributed by atoms with van der Waals surface area (Å²) in [6.45, 7) is 1.99. The van der Waals surface area contributed by atoms with E-state index in [0.29, 0.717) is 0 Å². The monoisotopic (exact) mass is 218 g/mol. The van der Waals surface area contributed by atoms with Crippen molar-refractivity contribution in [1.82, 2.24) is 25.4 Å². The van der Waals surface area contributed by atoms with E-state index in [4.69, 9.17) is 5.84 Å². The number of hydrogen-bond donors (Lipinski definition) is 2. The van der Waals surface area contributed by atoms with E-state index in [0.717, 1.165) is 16.8 Å². The molecule has 1 unspecified atom stereocenters. The van der Waals surface area contributed by atoms with Gasteiger partial charge in [-0.3, -0.25) is 15.5 Å². The molecule has 0 bridgehead atoms. The molecule has 6 heteroatoms. The first kappa shape index (κ1) is 10.7. The molecule has 1 atom stereocenters. The molecule has 6 nitrogen and oxygen atoms in total. The molecule has 2 aromatic rings. The SMILES string of the molecule is Cc1cncc(C(NN)c2cnnn2C)c1. The van der Waals surface area contributed by atoms with E-state index in [-0.39, 0.29) is 6.04 Å². The predicted molar refractivity (Wildman–Crippen MR) is 59.1 cm³/mol. The summed E-state index contributed by atoms with van der Waals surface area (Å²) < 4.78 is 1.69. The quantitative estimate of drug-likeness (QED) is 0.563. The lowest BCUT2D eigenvalue weighted by atomic mass is 10.1. The van der Waals surface area contributed by atoms with Crippen LogP contribution in [-0.4, -0.2) is 20.0 Å². The Morgan fingerprint density at radius 1 is 1.38 bits per heavy atom. The maximum Gasteiger partial charge on any atom is 0.0909 e. The van der Waals surface area contributed by atoms with Crippen LogP contribution in [0.15, 0.2) is 24.7 Å². The highest BCUT2D eigenvalue weighted by Gasteiger charge is 2.16. The van der Waals surface area contributed by atoms with Crippen LogP contribution in [0.25, 0.3) is 0 Å². The van der Waals surface area contributed by atoms with E-state index in [1.54, 1.807) is 23.3 Å². The first-order chi connectivity index (χ1) is 7.72. The lowest BCUT2D eigenvalue weighted by molar-refractivity contribution is 0.568. The summed E-state index contributed by atoms with van der Waals surface area (Å²) in [5, 5.41) is 7.72. The van der Waals surface area contributed by atoms with E-state index in [2.05, 4.69) is 20.7 Å². The van der Waals surface area contributed by atoms with Crippen molar-refractivity contribution in [2.75, 3.05) is 0 Å². The van der Waals surface area contributed by atoms with Crippen molar-refractivity contribution in [3.8, 4) is 0 Å². The van der Waals surface area contributed by atoms with Gasteiger partial charge in [0.05, 0.1) is 17.9 Å². The second-order valence-electron chi connectivity index (χ2n) is 3.68. The largest absolute Gasteiger partial charge is 0.271 e. The summed E-state index contributed by atoms with van der Waals surface area (Å²) in [6.07, 6.45) is 5.27. The first-order valence-electron chi connectivity index (χ1n) is 4.94. The molecule has 0 aliphatic heterocycles. The molecule has 84 valence electrons. The number of nitrogens with two attached hydrogens (primary N) is 1. The van der Waals surface area contributed by atoms with Gasteiger partial charge in [-0.2, -0.15) is 0 Å². The standard InChI is InChI=1S/C10H14N6/c1-7-3-8(5-12-4-7)10(14-11)9-6-13-15-16(9)2/h3-6,10,14H,11H2,1-2H3. The molecule has 0 saturated carbocycles. The zero-order valence-corrected chi connectivity index (χ0v) is 9.25. The predicted octanol–water partition coefficient (Wildman–Crippen LogP) is 0.0712. The first-order valence-corrected chi connectivity index (χ1v) is 4.94. The normalized spacial score (nSPS) is 12.7. The molecule has 2 aromatic heterocycles. The molecule has 2 rings (SSSR count). The highest BCUT2D eigenvalue weighted by molar-refractivity contribution is 5.26. The Morgan fingerprint density at radius 2 is 2.19 bits per heavy atom. The van der Waals surface area contributed by atoms with Crippen molar-refractivity contribution >= 4 is 0 Å². The average molecular weight is 218 g/mol. The number of nitrogens with one attached hydrogen (secondary N) is 1. The van der Waals surface area contributed by atoms with Crippen molar-refractivity contribution in [3.63, 3.8) is 0 Å². The van der Waals surface area contributed by atoms with E-state index < -0.39 is 0 Å². The zero-order chi connectivity index (χ0) is 11.5. The van der Waals surface area contributed by atoms with Crippen molar-refractivity contribution in [2.45, 2.75) is 13.0 Å². The van der Waals surface area contributed by atoms with Crippen LogP contribution in [0.3, 0.4) is 0 Å². The summed E-state index contributed by atoms with van der Waals surface area (Å²) in [5.74, 6) is 5.57. The molecule has 0 spiro atoms. The van der Waals surface area contributed by atoms with Crippen LogP contribution in [0.5, 0.6) is 0 Å². The third kappa shape index (κ3) is 1.93. The van der Waals surface area contributed by atoms with Gasteiger partial charge in [-0.1, -0.05) is 11.3 Å². The fourth-order valence-corrected chi connectivity index (χ4v) is 1.65. The fraction of sp³-hybridized carbons (Fsp3) is 0.300.